The second kappa shape index (κ2) is 7.65. The number of nitrogens with zero attached hydrogens (tertiary/aromatic N) is 2. The van der Waals surface area contributed by atoms with Crippen LogP contribution in [0.15, 0.2) is 48.8 Å². The molecule has 0 aliphatic heterocycles. The van der Waals surface area contributed by atoms with Gasteiger partial charge in [0.05, 0.1) is 0 Å². The van der Waals surface area contributed by atoms with Crippen LogP contribution in [0.3, 0.4) is 0 Å². The van der Waals surface area contributed by atoms with Crippen LogP contribution in [-0.2, 0) is 12.8 Å². The van der Waals surface area contributed by atoms with E-state index in [0.717, 1.165) is 31.7 Å². The smallest absolute Gasteiger partial charge is 0.119 e. The summed E-state index contributed by atoms with van der Waals surface area (Å²) in [4.78, 5) is 6.15. The maximum atomic E-state index is 5.68. The third-order valence-corrected chi connectivity index (χ3v) is 3.18. The van der Waals surface area contributed by atoms with E-state index in [-0.39, 0.29) is 0 Å². The van der Waals surface area contributed by atoms with Gasteiger partial charge in [-0.3, -0.25) is 4.98 Å². The van der Waals surface area contributed by atoms with Crippen LogP contribution in [0, 0.1) is 0 Å². The Balaban J connectivity index is 1.79. The number of hydrogen-bond donors (Lipinski definition) is 0. The average Bonchev–Trinajstić information content (AvgIpc) is 2.47. The molecule has 2 aromatic rings. The number of rotatable bonds is 7. The Labute approximate surface area is 121 Å². The Morgan fingerprint density at radius 3 is 2.10 bits per heavy atom. The molecule has 106 valence electrons. The van der Waals surface area contributed by atoms with Gasteiger partial charge in [0.1, 0.15) is 12.4 Å². The molecule has 0 amide bonds. The van der Waals surface area contributed by atoms with Gasteiger partial charge in [-0.1, -0.05) is 12.1 Å². The Morgan fingerprint density at radius 1 is 0.900 bits per heavy atom. The Hall–Kier alpha value is -1.87. The third kappa shape index (κ3) is 5.02. The number of pyridine rings is 1. The van der Waals surface area contributed by atoms with Crippen LogP contribution >= 0.6 is 0 Å². The lowest BCUT2D eigenvalue weighted by atomic mass is 10.1. The molecule has 0 atom stereocenters. The van der Waals surface area contributed by atoms with Crippen molar-refractivity contribution >= 4 is 0 Å². The molecule has 1 aromatic carbocycles. The van der Waals surface area contributed by atoms with Gasteiger partial charge in [0.2, 0.25) is 0 Å². The molecular formula is C17H22N2O. The molecule has 0 radical (unpaired) electrons. The van der Waals surface area contributed by atoms with E-state index >= 15 is 0 Å². The first-order valence-electron chi connectivity index (χ1n) is 6.99. The maximum Gasteiger partial charge on any atom is 0.119 e. The summed E-state index contributed by atoms with van der Waals surface area (Å²) in [5, 5.41) is 0. The molecule has 2 rings (SSSR count). The number of benzene rings is 1. The zero-order valence-electron chi connectivity index (χ0n) is 12.2. The third-order valence-electron chi connectivity index (χ3n) is 3.18. The molecule has 0 spiro atoms. The fourth-order valence-electron chi connectivity index (χ4n) is 1.94. The van der Waals surface area contributed by atoms with Crippen molar-refractivity contribution in [3.8, 4) is 5.75 Å². The van der Waals surface area contributed by atoms with Crippen LogP contribution < -0.4 is 4.74 Å². The quantitative estimate of drug-likeness (QED) is 0.773. The zero-order valence-corrected chi connectivity index (χ0v) is 12.2. The van der Waals surface area contributed by atoms with Crippen molar-refractivity contribution in [2.24, 2.45) is 0 Å². The van der Waals surface area contributed by atoms with Crippen molar-refractivity contribution < 1.29 is 4.74 Å². The number of aryl methyl sites for hydroxylation is 2. The van der Waals surface area contributed by atoms with Gasteiger partial charge in [0.25, 0.3) is 0 Å². The molecule has 0 saturated carbocycles. The van der Waals surface area contributed by atoms with Crippen LogP contribution in [0.2, 0.25) is 0 Å². The predicted octanol–water partition coefficient (Wildman–Crippen LogP) is 2.81. The highest BCUT2D eigenvalue weighted by Gasteiger charge is 1.98. The van der Waals surface area contributed by atoms with Crippen molar-refractivity contribution in [2.75, 3.05) is 27.2 Å². The van der Waals surface area contributed by atoms with E-state index in [4.69, 9.17) is 4.74 Å². The SMILES string of the molecule is CN(C)CCOc1ccc(CCc2ccncc2)cc1. The highest BCUT2D eigenvalue weighted by atomic mass is 16.5. The second-order valence-corrected chi connectivity index (χ2v) is 5.15. The average molecular weight is 270 g/mol. The highest BCUT2D eigenvalue weighted by molar-refractivity contribution is 5.28. The fourth-order valence-corrected chi connectivity index (χ4v) is 1.94. The molecule has 0 aliphatic carbocycles. The van der Waals surface area contributed by atoms with E-state index in [1.54, 1.807) is 0 Å². The Morgan fingerprint density at radius 2 is 1.50 bits per heavy atom. The van der Waals surface area contributed by atoms with Gasteiger partial charge in [0, 0.05) is 18.9 Å². The summed E-state index contributed by atoms with van der Waals surface area (Å²) in [7, 11) is 4.09. The first-order valence-corrected chi connectivity index (χ1v) is 6.99. The Bertz CT molecular complexity index is 494. The summed E-state index contributed by atoms with van der Waals surface area (Å²) >= 11 is 0. The van der Waals surface area contributed by atoms with E-state index in [1.165, 1.54) is 11.1 Å². The van der Waals surface area contributed by atoms with Crippen LogP contribution in [-0.4, -0.2) is 37.1 Å². The van der Waals surface area contributed by atoms with Crippen LogP contribution in [0.4, 0.5) is 0 Å². The van der Waals surface area contributed by atoms with Crippen molar-refractivity contribution in [1.29, 1.82) is 0 Å². The van der Waals surface area contributed by atoms with Crippen LogP contribution in [0.5, 0.6) is 5.75 Å². The van der Waals surface area contributed by atoms with E-state index in [2.05, 4.69) is 46.3 Å². The van der Waals surface area contributed by atoms with Crippen LogP contribution in [0.1, 0.15) is 11.1 Å². The lowest BCUT2D eigenvalue weighted by Gasteiger charge is -2.11. The number of hydrogen-bond acceptors (Lipinski definition) is 3. The van der Waals surface area contributed by atoms with Gasteiger partial charge in [-0.2, -0.15) is 0 Å². The molecule has 3 nitrogen and oxygen atoms in total. The van der Waals surface area contributed by atoms with Crippen molar-refractivity contribution in [2.45, 2.75) is 12.8 Å². The minimum absolute atomic E-state index is 0.726. The Kier molecular flexibility index (Phi) is 5.56. The fraction of sp³-hybridized carbons (Fsp3) is 0.353. The molecule has 0 aliphatic rings. The van der Waals surface area contributed by atoms with E-state index < -0.39 is 0 Å². The molecular weight excluding hydrogens is 248 g/mol. The summed E-state index contributed by atoms with van der Waals surface area (Å²) in [6.07, 6.45) is 5.78. The largest absolute Gasteiger partial charge is 0.492 e. The topological polar surface area (TPSA) is 25.4 Å². The molecule has 0 unspecified atom stereocenters. The molecule has 0 N–H and O–H groups in total. The molecule has 1 aromatic heterocycles. The first-order chi connectivity index (χ1) is 9.74. The van der Waals surface area contributed by atoms with E-state index in [9.17, 15) is 0 Å². The van der Waals surface area contributed by atoms with Gasteiger partial charge < -0.3 is 9.64 Å². The molecule has 0 bridgehead atoms. The van der Waals surface area contributed by atoms with Crippen molar-refractivity contribution in [3.05, 3.63) is 59.9 Å². The molecule has 3 heteroatoms. The monoisotopic (exact) mass is 270 g/mol. The summed E-state index contributed by atoms with van der Waals surface area (Å²) in [5.41, 5.74) is 2.66. The van der Waals surface area contributed by atoms with Gasteiger partial charge in [-0.05, 0) is 62.3 Å². The van der Waals surface area contributed by atoms with Crippen molar-refractivity contribution in [3.63, 3.8) is 0 Å². The molecule has 1 heterocycles. The zero-order chi connectivity index (χ0) is 14.2. The van der Waals surface area contributed by atoms with Crippen molar-refractivity contribution in [1.82, 2.24) is 9.88 Å². The van der Waals surface area contributed by atoms with Crippen LogP contribution in [0.25, 0.3) is 0 Å². The molecule has 0 fully saturated rings. The standard InChI is InChI=1S/C17H22N2O/c1-19(2)13-14-20-17-7-5-15(6-8-17)3-4-16-9-11-18-12-10-16/h5-12H,3-4,13-14H2,1-2H3. The number of aromatic nitrogens is 1. The lowest BCUT2D eigenvalue weighted by Crippen LogP contribution is -2.19. The van der Waals surface area contributed by atoms with Gasteiger partial charge in [-0.15, -0.1) is 0 Å². The van der Waals surface area contributed by atoms with E-state index in [0.29, 0.717) is 0 Å². The normalized spacial score (nSPS) is 10.8. The summed E-state index contributed by atoms with van der Waals surface area (Å²) in [5.74, 6) is 0.944. The summed E-state index contributed by atoms with van der Waals surface area (Å²) in [6.45, 7) is 1.66. The minimum atomic E-state index is 0.726. The molecule has 20 heavy (non-hydrogen) atoms. The summed E-state index contributed by atoms with van der Waals surface area (Å²) in [6, 6.07) is 12.5. The van der Waals surface area contributed by atoms with Gasteiger partial charge >= 0.3 is 0 Å². The number of ether oxygens (including phenoxy) is 1. The minimum Gasteiger partial charge on any atom is -0.492 e. The maximum absolute atomic E-state index is 5.68. The summed E-state index contributed by atoms with van der Waals surface area (Å²) < 4.78 is 5.68. The van der Waals surface area contributed by atoms with Gasteiger partial charge in [0.15, 0.2) is 0 Å². The van der Waals surface area contributed by atoms with E-state index in [1.807, 2.05) is 26.5 Å². The molecule has 0 saturated heterocycles. The predicted molar refractivity (Wildman–Crippen MR) is 82.1 cm³/mol. The lowest BCUT2D eigenvalue weighted by molar-refractivity contribution is 0.261. The highest BCUT2D eigenvalue weighted by Crippen LogP contribution is 2.14. The van der Waals surface area contributed by atoms with Gasteiger partial charge in [-0.25, -0.2) is 0 Å². The number of likely N-dealkylation sites (N-methyl/N-ethyl adjacent to an activating group) is 1. The second-order valence-electron chi connectivity index (χ2n) is 5.15. The first kappa shape index (κ1) is 14.5.